The fourth-order valence-corrected chi connectivity index (χ4v) is 8.90. The zero-order valence-corrected chi connectivity index (χ0v) is 41.7. The Bertz CT molecular complexity index is 886. The van der Waals surface area contributed by atoms with E-state index in [4.69, 9.17) is 0 Å². The summed E-state index contributed by atoms with van der Waals surface area (Å²) < 4.78 is 0. The van der Waals surface area contributed by atoms with Crippen LogP contribution in [0.2, 0.25) is 0 Å². The van der Waals surface area contributed by atoms with Crippen molar-refractivity contribution in [3.63, 3.8) is 0 Å². The minimum atomic E-state index is -0.860. The smallest absolute Gasteiger partial charge is 0.220 e. The molecule has 2 atom stereocenters. The minimum Gasteiger partial charge on any atom is -0.394 e. The highest BCUT2D eigenvalue weighted by Crippen LogP contribution is 2.18. The van der Waals surface area contributed by atoms with E-state index in [1.807, 2.05) is 6.08 Å². The Balaban J connectivity index is 3.50. The Labute approximate surface area is 383 Å². The van der Waals surface area contributed by atoms with Crippen LogP contribution in [0.1, 0.15) is 316 Å². The molecule has 0 aliphatic rings. The van der Waals surface area contributed by atoms with Crippen LogP contribution in [0.25, 0.3) is 0 Å². The van der Waals surface area contributed by atoms with E-state index in [2.05, 4.69) is 31.3 Å². The predicted molar refractivity (Wildman–Crippen MR) is 272 cm³/mol. The maximum atomic E-state index is 12.5. The lowest BCUT2D eigenvalue weighted by Gasteiger charge is -2.19. The molecule has 0 aliphatic heterocycles. The Morgan fingerprint density at radius 3 is 0.951 bits per heavy atom. The number of aliphatic hydroxyl groups excluding tert-OH is 2. The van der Waals surface area contributed by atoms with Crippen LogP contribution in [0, 0.1) is 0 Å². The monoisotopic (exact) mass is 858 g/mol. The molecule has 0 aliphatic carbocycles. The average Bonchev–Trinajstić information content (AvgIpc) is 3.26. The van der Waals surface area contributed by atoms with Crippen LogP contribution in [0.4, 0.5) is 0 Å². The molecule has 0 rings (SSSR count). The van der Waals surface area contributed by atoms with E-state index in [0.717, 1.165) is 32.1 Å². The maximum Gasteiger partial charge on any atom is 0.220 e. The molecule has 3 N–H and O–H groups in total. The highest BCUT2D eigenvalue weighted by atomic mass is 16.3. The third kappa shape index (κ3) is 49.7. The number of hydrogen-bond acceptors (Lipinski definition) is 3. The van der Waals surface area contributed by atoms with Crippen LogP contribution in [0.15, 0.2) is 24.3 Å². The Morgan fingerprint density at radius 1 is 0.377 bits per heavy atom. The van der Waals surface area contributed by atoms with Gasteiger partial charge in [0.15, 0.2) is 0 Å². The van der Waals surface area contributed by atoms with E-state index in [-0.39, 0.29) is 12.5 Å². The van der Waals surface area contributed by atoms with Crippen molar-refractivity contribution in [1.29, 1.82) is 0 Å². The van der Waals surface area contributed by atoms with Crippen molar-refractivity contribution >= 4 is 5.91 Å². The maximum absolute atomic E-state index is 12.5. The SMILES string of the molecule is CCCCCCCCCCCCCCCCCCCCCC/C=C/CC/C=C/C(O)C(CO)NC(=O)CCCCCCCCCCCCCCCCCCCCCCCCC. The van der Waals surface area contributed by atoms with Gasteiger partial charge in [-0.1, -0.05) is 301 Å². The van der Waals surface area contributed by atoms with Crippen molar-refractivity contribution in [1.82, 2.24) is 5.32 Å². The number of rotatable bonds is 52. The minimum absolute atomic E-state index is 0.0667. The molecule has 2 unspecified atom stereocenters. The molecule has 0 saturated carbocycles. The third-order valence-electron chi connectivity index (χ3n) is 13.2. The van der Waals surface area contributed by atoms with E-state index in [1.165, 1.54) is 263 Å². The van der Waals surface area contributed by atoms with E-state index in [9.17, 15) is 15.0 Å². The summed E-state index contributed by atoms with van der Waals surface area (Å²) in [5.74, 6) is -0.0667. The van der Waals surface area contributed by atoms with Gasteiger partial charge >= 0.3 is 0 Å². The van der Waals surface area contributed by atoms with Gasteiger partial charge in [0.05, 0.1) is 18.8 Å². The van der Waals surface area contributed by atoms with Gasteiger partial charge in [0.1, 0.15) is 0 Å². The van der Waals surface area contributed by atoms with E-state index < -0.39 is 12.1 Å². The molecule has 0 fully saturated rings. The van der Waals surface area contributed by atoms with E-state index >= 15 is 0 Å². The molecule has 0 aromatic heterocycles. The van der Waals surface area contributed by atoms with Crippen molar-refractivity contribution in [2.24, 2.45) is 0 Å². The predicted octanol–water partition coefficient (Wildman–Crippen LogP) is 18.3. The fraction of sp³-hybridized carbons (Fsp3) is 0.912. The van der Waals surface area contributed by atoms with Crippen LogP contribution in [-0.2, 0) is 4.79 Å². The molecule has 0 heterocycles. The second-order valence-corrected chi connectivity index (χ2v) is 19.4. The van der Waals surface area contributed by atoms with Crippen molar-refractivity contribution in [3.8, 4) is 0 Å². The van der Waals surface area contributed by atoms with Gasteiger partial charge in [-0.2, -0.15) is 0 Å². The number of hydrogen-bond donors (Lipinski definition) is 3. The molecule has 0 bridgehead atoms. The van der Waals surface area contributed by atoms with Gasteiger partial charge in [-0.25, -0.2) is 0 Å². The number of amides is 1. The second kappa shape index (κ2) is 53.2. The summed E-state index contributed by atoms with van der Waals surface area (Å²) in [6.07, 6.45) is 70.6. The summed E-state index contributed by atoms with van der Waals surface area (Å²) in [6, 6.07) is -0.636. The summed E-state index contributed by atoms with van der Waals surface area (Å²) in [5.41, 5.74) is 0. The molecule has 362 valence electrons. The second-order valence-electron chi connectivity index (χ2n) is 19.4. The zero-order valence-electron chi connectivity index (χ0n) is 41.7. The quantitative estimate of drug-likeness (QED) is 0.0422. The van der Waals surface area contributed by atoms with Gasteiger partial charge in [0.2, 0.25) is 5.91 Å². The summed E-state index contributed by atoms with van der Waals surface area (Å²) in [7, 11) is 0. The molecule has 0 saturated heterocycles. The van der Waals surface area contributed by atoms with Gasteiger partial charge in [-0.3, -0.25) is 4.79 Å². The van der Waals surface area contributed by atoms with Crippen molar-refractivity contribution in [2.45, 2.75) is 328 Å². The van der Waals surface area contributed by atoms with E-state index in [1.54, 1.807) is 6.08 Å². The normalized spacial score (nSPS) is 12.9. The van der Waals surface area contributed by atoms with Crippen LogP contribution in [-0.4, -0.2) is 34.9 Å². The first kappa shape index (κ1) is 59.9. The number of allylic oxidation sites excluding steroid dienone is 3. The largest absolute Gasteiger partial charge is 0.394 e. The number of unbranched alkanes of at least 4 members (excludes halogenated alkanes) is 43. The molecule has 0 radical (unpaired) electrons. The summed E-state index contributed by atoms with van der Waals surface area (Å²) in [5, 5.41) is 23.1. The molecule has 4 heteroatoms. The van der Waals surface area contributed by atoms with Crippen LogP contribution < -0.4 is 5.32 Å². The van der Waals surface area contributed by atoms with Gasteiger partial charge in [-0.05, 0) is 32.1 Å². The Kier molecular flexibility index (Phi) is 52.2. The molecule has 0 aromatic rings. The average molecular weight is 859 g/mol. The molecule has 0 spiro atoms. The molecule has 0 aromatic carbocycles. The molecule has 4 nitrogen and oxygen atoms in total. The van der Waals surface area contributed by atoms with Gasteiger partial charge in [0.25, 0.3) is 0 Å². The van der Waals surface area contributed by atoms with Crippen LogP contribution in [0.5, 0.6) is 0 Å². The van der Waals surface area contributed by atoms with Crippen molar-refractivity contribution in [3.05, 3.63) is 24.3 Å². The number of carbonyl (C=O) groups is 1. The standard InChI is InChI=1S/C57H111NO3/c1-3-5-7-9-11-13-15-17-19-21-23-25-27-28-29-31-32-34-36-38-40-42-44-46-48-50-52-56(60)55(54-59)58-57(61)53-51-49-47-45-43-41-39-37-35-33-30-26-24-22-20-18-16-14-12-10-8-6-4-2/h42,44,50,52,55-56,59-60H,3-41,43,45-49,51,53-54H2,1-2H3,(H,58,61)/b44-42+,52-50+. The van der Waals surface area contributed by atoms with Gasteiger partial charge < -0.3 is 15.5 Å². The molecular formula is C57H111NO3. The lowest BCUT2D eigenvalue weighted by Crippen LogP contribution is -2.45. The van der Waals surface area contributed by atoms with E-state index in [0.29, 0.717) is 6.42 Å². The first-order valence-corrected chi connectivity index (χ1v) is 28.1. The summed E-state index contributed by atoms with van der Waals surface area (Å²) in [6.45, 7) is 4.34. The number of nitrogens with one attached hydrogen (secondary N) is 1. The van der Waals surface area contributed by atoms with Gasteiger partial charge in [-0.15, -0.1) is 0 Å². The third-order valence-corrected chi connectivity index (χ3v) is 13.2. The Hall–Kier alpha value is -1.13. The van der Waals surface area contributed by atoms with Gasteiger partial charge in [0, 0.05) is 6.42 Å². The first-order chi connectivity index (χ1) is 30.2. The lowest BCUT2D eigenvalue weighted by molar-refractivity contribution is -0.123. The number of aliphatic hydroxyl groups is 2. The highest BCUT2D eigenvalue weighted by molar-refractivity contribution is 5.76. The zero-order chi connectivity index (χ0) is 44.2. The highest BCUT2D eigenvalue weighted by Gasteiger charge is 2.18. The molecular weight excluding hydrogens is 747 g/mol. The topological polar surface area (TPSA) is 69.6 Å². The molecule has 1 amide bonds. The number of carbonyl (C=O) groups excluding carboxylic acids is 1. The summed E-state index contributed by atoms with van der Waals surface area (Å²) in [4.78, 5) is 12.5. The van der Waals surface area contributed by atoms with Crippen molar-refractivity contribution in [2.75, 3.05) is 6.61 Å². The summed E-state index contributed by atoms with van der Waals surface area (Å²) >= 11 is 0. The van der Waals surface area contributed by atoms with Crippen LogP contribution >= 0.6 is 0 Å². The van der Waals surface area contributed by atoms with Crippen LogP contribution in [0.3, 0.4) is 0 Å². The first-order valence-electron chi connectivity index (χ1n) is 28.1. The van der Waals surface area contributed by atoms with Crippen molar-refractivity contribution < 1.29 is 15.0 Å². The fourth-order valence-electron chi connectivity index (χ4n) is 8.90. The molecule has 61 heavy (non-hydrogen) atoms. The lowest BCUT2D eigenvalue weighted by atomic mass is 10.0. The Morgan fingerprint density at radius 2 is 0.639 bits per heavy atom.